The number of unbranched alkanes of at least 4 members (excludes halogenated alkanes) is 1. The van der Waals surface area contributed by atoms with E-state index in [0.29, 0.717) is 24.8 Å². The van der Waals surface area contributed by atoms with Crippen LogP contribution in [-0.2, 0) is 0 Å². The van der Waals surface area contributed by atoms with Crippen LogP contribution in [0.2, 0.25) is 0 Å². The third-order valence-electron chi connectivity index (χ3n) is 5.05. The molecule has 3 aromatic rings. The Balaban J connectivity index is 1.70. The van der Waals surface area contributed by atoms with E-state index in [1.165, 1.54) is 4.90 Å². The lowest BCUT2D eigenvalue weighted by molar-refractivity contribution is 0.247. The van der Waals surface area contributed by atoms with Crippen LogP contribution in [0.15, 0.2) is 42.7 Å². The van der Waals surface area contributed by atoms with Crippen LogP contribution in [0.1, 0.15) is 26.2 Å². The Hall–Kier alpha value is -3.26. The zero-order chi connectivity index (χ0) is 22.9. The van der Waals surface area contributed by atoms with Crippen molar-refractivity contribution >= 4 is 22.9 Å². The number of carbonyl (C=O) groups excluding carboxylic acids is 1. The van der Waals surface area contributed by atoms with Gasteiger partial charge >= 0.3 is 6.03 Å². The molecule has 0 saturated carbocycles. The van der Waals surface area contributed by atoms with Crippen LogP contribution < -0.4 is 15.0 Å². The highest BCUT2D eigenvalue weighted by Crippen LogP contribution is 2.24. The number of anilines is 1. The fourth-order valence-corrected chi connectivity index (χ4v) is 3.13. The maximum Gasteiger partial charge on any atom is 0.322 e. The van der Waals surface area contributed by atoms with Crippen molar-refractivity contribution in [3.8, 4) is 17.0 Å². The molecule has 170 valence electrons. The first-order valence-corrected chi connectivity index (χ1v) is 11.0. The van der Waals surface area contributed by atoms with Gasteiger partial charge in [0.15, 0.2) is 5.82 Å². The first-order chi connectivity index (χ1) is 15.5. The van der Waals surface area contributed by atoms with Gasteiger partial charge in [-0.15, -0.1) is 0 Å². The lowest BCUT2D eigenvalue weighted by Crippen LogP contribution is -2.38. The molecule has 2 aromatic heterocycles. The molecule has 1 N–H and O–H groups in total. The Labute approximate surface area is 189 Å². The first-order valence-electron chi connectivity index (χ1n) is 11.0. The van der Waals surface area contributed by atoms with Crippen molar-refractivity contribution in [3.63, 3.8) is 0 Å². The van der Waals surface area contributed by atoms with E-state index in [0.717, 1.165) is 48.0 Å². The number of urea groups is 1. The first kappa shape index (κ1) is 23.4. The highest BCUT2D eigenvalue weighted by atomic mass is 16.5. The van der Waals surface area contributed by atoms with Crippen LogP contribution in [-0.4, -0.2) is 66.7 Å². The number of hydrogen-bond donors (Lipinski definition) is 1. The molecular formula is C24H32N6O2. The molecular weight excluding hydrogens is 404 g/mol. The predicted molar refractivity (Wildman–Crippen MR) is 128 cm³/mol. The SMILES string of the molecule is CCCCNC(=O)N(C)c1cnc2ccc(-c3ccc(OCCCN(C)C)nc3)cc2n1. The molecule has 0 aliphatic carbocycles. The summed E-state index contributed by atoms with van der Waals surface area (Å²) in [7, 11) is 5.79. The molecule has 2 heterocycles. The zero-order valence-electron chi connectivity index (χ0n) is 19.3. The van der Waals surface area contributed by atoms with Gasteiger partial charge in [0, 0.05) is 38.0 Å². The number of ether oxygens (including phenoxy) is 1. The molecule has 3 rings (SSSR count). The molecule has 0 spiro atoms. The summed E-state index contributed by atoms with van der Waals surface area (Å²) in [6.07, 6.45) is 6.34. The highest BCUT2D eigenvalue weighted by molar-refractivity contribution is 5.91. The van der Waals surface area contributed by atoms with Crippen LogP contribution >= 0.6 is 0 Å². The average molecular weight is 437 g/mol. The Morgan fingerprint density at radius 3 is 2.53 bits per heavy atom. The number of aromatic nitrogens is 3. The second kappa shape index (κ2) is 11.4. The van der Waals surface area contributed by atoms with Gasteiger partial charge in [-0.2, -0.15) is 0 Å². The van der Waals surface area contributed by atoms with Crippen molar-refractivity contribution < 1.29 is 9.53 Å². The molecule has 0 atom stereocenters. The van der Waals surface area contributed by atoms with Crippen molar-refractivity contribution in [2.45, 2.75) is 26.2 Å². The second-order valence-corrected chi connectivity index (χ2v) is 7.97. The molecule has 32 heavy (non-hydrogen) atoms. The lowest BCUT2D eigenvalue weighted by atomic mass is 10.1. The quantitative estimate of drug-likeness (QED) is 0.484. The molecule has 8 heteroatoms. The number of rotatable bonds is 10. The Bertz CT molecular complexity index is 1020. The number of benzene rings is 1. The minimum absolute atomic E-state index is 0.186. The maximum absolute atomic E-state index is 12.3. The number of nitrogens with zero attached hydrogens (tertiary/aromatic N) is 5. The van der Waals surface area contributed by atoms with Crippen LogP contribution in [0.5, 0.6) is 5.88 Å². The van der Waals surface area contributed by atoms with Crippen molar-refractivity contribution in [1.29, 1.82) is 0 Å². The van der Waals surface area contributed by atoms with E-state index in [-0.39, 0.29) is 6.03 Å². The molecule has 0 radical (unpaired) electrons. The molecule has 0 bridgehead atoms. The number of amides is 2. The van der Waals surface area contributed by atoms with Gasteiger partial charge in [-0.05, 0) is 50.7 Å². The molecule has 2 amide bonds. The number of carbonyl (C=O) groups is 1. The highest BCUT2D eigenvalue weighted by Gasteiger charge is 2.13. The topological polar surface area (TPSA) is 83.5 Å². The van der Waals surface area contributed by atoms with E-state index in [2.05, 4.69) is 32.1 Å². The standard InChI is InChI=1S/C24H32N6O2/c1-5-6-12-25-24(31)30(4)22-17-26-20-10-8-18(15-21(20)28-22)19-9-11-23(27-16-19)32-14-7-13-29(2)3/h8-11,15-17H,5-7,12-14H2,1-4H3,(H,25,31). The second-order valence-electron chi connectivity index (χ2n) is 7.97. The molecule has 1 aromatic carbocycles. The predicted octanol–water partition coefficient (Wildman–Crippen LogP) is 3.97. The number of nitrogens with one attached hydrogen (secondary N) is 1. The zero-order valence-corrected chi connectivity index (χ0v) is 19.3. The van der Waals surface area contributed by atoms with E-state index in [4.69, 9.17) is 4.74 Å². The third kappa shape index (κ3) is 6.37. The van der Waals surface area contributed by atoms with Crippen molar-refractivity contribution in [2.24, 2.45) is 0 Å². The fourth-order valence-electron chi connectivity index (χ4n) is 3.13. The Kier molecular flexibility index (Phi) is 8.33. The molecule has 0 unspecified atom stereocenters. The van der Waals surface area contributed by atoms with Gasteiger partial charge < -0.3 is 15.0 Å². The summed E-state index contributed by atoms with van der Waals surface area (Å²) in [5, 5.41) is 2.89. The van der Waals surface area contributed by atoms with Crippen LogP contribution in [0.3, 0.4) is 0 Å². The summed E-state index contributed by atoms with van der Waals surface area (Å²) in [6, 6.07) is 9.56. The van der Waals surface area contributed by atoms with Gasteiger partial charge in [0.05, 0.1) is 23.8 Å². The van der Waals surface area contributed by atoms with Crippen molar-refractivity contribution in [3.05, 3.63) is 42.7 Å². The summed E-state index contributed by atoms with van der Waals surface area (Å²) < 4.78 is 5.71. The molecule has 0 fully saturated rings. The molecule has 8 nitrogen and oxygen atoms in total. The van der Waals surface area contributed by atoms with Gasteiger partial charge in [0.1, 0.15) is 0 Å². The largest absolute Gasteiger partial charge is 0.478 e. The van der Waals surface area contributed by atoms with E-state index in [1.54, 1.807) is 19.4 Å². The van der Waals surface area contributed by atoms with Crippen molar-refractivity contribution in [2.75, 3.05) is 45.7 Å². The molecule has 0 aliphatic heterocycles. The van der Waals surface area contributed by atoms with Gasteiger partial charge in [-0.25, -0.2) is 14.8 Å². The smallest absolute Gasteiger partial charge is 0.322 e. The normalized spacial score (nSPS) is 11.0. The summed E-state index contributed by atoms with van der Waals surface area (Å²) in [6.45, 7) is 4.35. The number of pyridine rings is 1. The van der Waals surface area contributed by atoms with Gasteiger partial charge in [0.25, 0.3) is 0 Å². The maximum atomic E-state index is 12.3. The molecule has 0 saturated heterocycles. The monoisotopic (exact) mass is 436 g/mol. The van der Waals surface area contributed by atoms with E-state index >= 15 is 0 Å². The van der Waals surface area contributed by atoms with Crippen LogP contribution in [0.4, 0.5) is 10.6 Å². The fraction of sp³-hybridized carbons (Fsp3) is 0.417. The van der Waals surface area contributed by atoms with Crippen LogP contribution in [0, 0.1) is 0 Å². The average Bonchev–Trinajstić information content (AvgIpc) is 2.81. The van der Waals surface area contributed by atoms with Gasteiger partial charge in [-0.1, -0.05) is 19.4 Å². The Morgan fingerprint density at radius 1 is 1.00 bits per heavy atom. The minimum atomic E-state index is -0.186. The number of hydrogen-bond acceptors (Lipinski definition) is 6. The summed E-state index contributed by atoms with van der Waals surface area (Å²) >= 11 is 0. The van der Waals surface area contributed by atoms with Crippen LogP contribution in [0.25, 0.3) is 22.2 Å². The Morgan fingerprint density at radius 2 is 1.81 bits per heavy atom. The van der Waals surface area contributed by atoms with Gasteiger partial charge in [-0.3, -0.25) is 9.88 Å². The summed E-state index contributed by atoms with van der Waals surface area (Å²) in [4.78, 5) is 29.5. The third-order valence-corrected chi connectivity index (χ3v) is 5.05. The van der Waals surface area contributed by atoms with Gasteiger partial charge in [0.2, 0.25) is 5.88 Å². The van der Waals surface area contributed by atoms with Crippen molar-refractivity contribution in [1.82, 2.24) is 25.2 Å². The minimum Gasteiger partial charge on any atom is -0.478 e. The lowest BCUT2D eigenvalue weighted by Gasteiger charge is -2.17. The molecule has 0 aliphatic rings. The number of fused-ring (bicyclic) bond motifs is 1. The summed E-state index contributed by atoms with van der Waals surface area (Å²) in [5.74, 6) is 1.12. The van der Waals surface area contributed by atoms with E-state index in [9.17, 15) is 4.79 Å². The van der Waals surface area contributed by atoms with E-state index in [1.807, 2.05) is 44.4 Å². The van der Waals surface area contributed by atoms with E-state index < -0.39 is 0 Å². The summed E-state index contributed by atoms with van der Waals surface area (Å²) in [5.41, 5.74) is 3.43.